The summed E-state index contributed by atoms with van der Waals surface area (Å²) < 4.78 is 22.4. The van der Waals surface area contributed by atoms with Crippen molar-refractivity contribution in [3.63, 3.8) is 0 Å². The Morgan fingerprint density at radius 3 is 3.00 bits per heavy atom. The van der Waals surface area contributed by atoms with Crippen molar-refractivity contribution in [3.05, 3.63) is 6.33 Å². The number of hydrogen-bond acceptors (Lipinski definition) is 6. The summed E-state index contributed by atoms with van der Waals surface area (Å²) in [5.74, 6) is 0.629. The van der Waals surface area contributed by atoms with Crippen molar-refractivity contribution < 1.29 is 9.13 Å². The highest BCUT2D eigenvalue weighted by Crippen LogP contribution is 2.44. The average Bonchev–Trinajstić information content (AvgIpc) is 2.99. The van der Waals surface area contributed by atoms with E-state index in [0.717, 1.165) is 0 Å². The molecule has 3 heterocycles. The molecule has 3 atom stereocenters. The quantitative estimate of drug-likeness (QED) is 0.898. The van der Waals surface area contributed by atoms with E-state index in [9.17, 15) is 0 Å². The van der Waals surface area contributed by atoms with Gasteiger partial charge in [0.15, 0.2) is 28.9 Å². The zero-order valence-corrected chi connectivity index (χ0v) is 12.3. The van der Waals surface area contributed by atoms with E-state index in [1.54, 1.807) is 11.6 Å². The van der Waals surface area contributed by atoms with Gasteiger partial charge in [-0.25, -0.2) is 9.37 Å². The molecule has 3 N–H and O–H groups in total. The maximum atomic E-state index is 15.1. The van der Waals surface area contributed by atoms with Crippen molar-refractivity contribution in [1.82, 2.24) is 19.5 Å². The molecule has 21 heavy (non-hydrogen) atoms. The van der Waals surface area contributed by atoms with Crippen molar-refractivity contribution in [2.45, 2.75) is 44.7 Å². The van der Waals surface area contributed by atoms with E-state index in [0.29, 0.717) is 29.8 Å². The number of nitrogens with one attached hydrogen (secondary N) is 1. The van der Waals surface area contributed by atoms with Crippen LogP contribution in [0, 0.1) is 0 Å². The fraction of sp³-hybridized carbons (Fsp3) is 0.615. The second-order valence-electron chi connectivity index (χ2n) is 5.40. The highest BCUT2D eigenvalue weighted by atomic mass is 19.1. The topological polar surface area (TPSA) is 90.9 Å². The van der Waals surface area contributed by atoms with Crippen molar-refractivity contribution in [3.8, 4) is 0 Å². The van der Waals surface area contributed by atoms with Gasteiger partial charge in [0, 0.05) is 13.5 Å². The van der Waals surface area contributed by atoms with Crippen LogP contribution in [0.25, 0.3) is 11.2 Å². The molecule has 2 aromatic rings. The Labute approximate surface area is 121 Å². The minimum absolute atomic E-state index is 0.112. The first-order valence-corrected chi connectivity index (χ1v) is 7.00. The maximum Gasteiger partial charge on any atom is 0.224 e. The monoisotopic (exact) mass is 294 g/mol. The van der Waals surface area contributed by atoms with Gasteiger partial charge in [0.25, 0.3) is 0 Å². The molecule has 1 aliphatic heterocycles. The third kappa shape index (κ3) is 2.10. The summed E-state index contributed by atoms with van der Waals surface area (Å²) in [6.45, 7) is 3.68. The van der Waals surface area contributed by atoms with Gasteiger partial charge < -0.3 is 15.8 Å². The summed E-state index contributed by atoms with van der Waals surface area (Å²) in [7, 11) is 1.72. The molecular weight excluding hydrogens is 275 g/mol. The molecule has 0 unspecified atom stereocenters. The van der Waals surface area contributed by atoms with E-state index >= 15 is 4.39 Å². The van der Waals surface area contributed by atoms with Gasteiger partial charge in [0.1, 0.15) is 0 Å². The van der Waals surface area contributed by atoms with Crippen molar-refractivity contribution in [1.29, 1.82) is 0 Å². The summed E-state index contributed by atoms with van der Waals surface area (Å²) in [6.07, 6.45) is 1.35. The van der Waals surface area contributed by atoms with E-state index < -0.39 is 11.9 Å². The lowest BCUT2D eigenvalue weighted by Crippen LogP contribution is -2.30. The fourth-order valence-electron chi connectivity index (χ4n) is 2.88. The molecule has 0 aromatic carbocycles. The first-order valence-electron chi connectivity index (χ1n) is 7.00. The van der Waals surface area contributed by atoms with Gasteiger partial charge in [-0.2, -0.15) is 9.97 Å². The molecule has 8 heteroatoms. The second-order valence-corrected chi connectivity index (χ2v) is 5.40. The SMILES string of the molecule is CC[C@@]1(F)C[C@@H](C)O[C@H]1n1cnc2c(NC)nc(N)nc21. The normalized spacial score (nSPS) is 29.1. The van der Waals surface area contributed by atoms with Crippen LogP contribution in [0.2, 0.25) is 0 Å². The first-order chi connectivity index (χ1) is 9.98. The number of nitrogen functional groups attached to an aromatic ring is 1. The number of nitrogens with zero attached hydrogens (tertiary/aromatic N) is 4. The molecule has 1 aliphatic rings. The lowest BCUT2D eigenvalue weighted by molar-refractivity contribution is -0.0478. The average molecular weight is 294 g/mol. The number of aromatic nitrogens is 4. The van der Waals surface area contributed by atoms with Crippen molar-refractivity contribution >= 4 is 22.9 Å². The molecule has 114 valence electrons. The molecule has 1 saturated heterocycles. The van der Waals surface area contributed by atoms with E-state index in [-0.39, 0.29) is 12.1 Å². The zero-order valence-electron chi connectivity index (χ0n) is 12.3. The number of alkyl halides is 1. The number of anilines is 2. The Kier molecular flexibility index (Phi) is 3.20. The number of hydrogen-bond donors (Lipinski definition) is 2. The van der Waals surface area contributed by atoms with Crippen LogP contribution < -0.4 is 11.1 Å². The van der Waals surface area contributed by atoms with Gasteiger partial charge in [0.2, 0.25) is 5.95 Å². The lowest BCUT2D eigenvalue weighted by atomic mass is 9.97. The molecule has 0 amide bonds. The predicted octanol–water partition coefficient (Wildman–Crippen LogP) is 1.88. The summed E-state index contributed by atoms with van der Waals surface area (Å²) in [6, 6.07) is 0. The van der Waals surface area contributed by atoms with Crippen LogP contribution in [0.4, 0.5) is 16.2 Å². The molecule has 0 aliphatic carbocycles. The molecule has 0 bridgehead atoms. The van der Waals surface area contributed by atoms with Gasteiger partial charge in [-0.05, 0) is 13.3 Å². The highest BCUT2D eigenvalue weighted by Gasteiger charge is 2.48. The van der Waals surface area contributed by atoms with Crippen LogP contribution in [-0.2, 0) is 4.74 Å². The Morgan fingerprint density at radius 2 is 2.33 bits per heavy atom. The summed E-state index contributed by atoms with van der Waals surface area (Å²) in [5, 5.41) is 2.92. The van der Waals surface area contributed by atoms with Gasteiger partial charge in [-0.3, -0.25) is 4.57 Å². The lowest BCUT2D eigenvalue weighted by Gasteiger charge is -2.25. The summed E-state index contributed by atoms with van der Waals surface area (Å²) in [5.41, 5.74) is 5.30. The minimum Gasteiger partial charge on any atom is -0.371 e. The number of nitrogens with two attached hydrogens (primary N) is 1. The minimum atomic E-state index is -1.44. The van der Waals surface area contributed by atoms with Crippen LogP contribution in [0.3, 0.4) is 0 Å². The van der Waals surface area contributed by atoms with Gasteiger partial charge in [-0.15, -0.1) is 0 Å². The fourth-order valence-corrected chi connectivity index (χ4v) is 2.88. The number of fused-ring (bicyclic) bond motifs is 1. The number of ether oxygens (including phenoxy) is 1. The van der Waals surface area contributed by atoms with E-state index in [1.807, 2.05) is 13.8 Å². The Morgan fingerprint density at radius 1 is 1.57 bits per heavy atom. The van der Waals surface area contributed by atoms with E-state index in [4.69, 9.17) is 10.5 Å². The number of halogens is 1. The Hall–Kier alpha value is -1.96. The first kappa shape index (κ1) is 14.0. The number of rotatable bonds is 3. The van der Waals surface area contributed by atoms with Gasteiger partial charge >= 0.3 is 0 Å². The zero-order chi connectivity index (χ0) is 15.2. The highest BCUT2D eigenvalue weighted by molar-refractivity contribution is 5.84. The van der Waals surface area contributed by atoms with Crippen molar-refractivity contribution in [2.75, 3.05) is 18.1 Å². The Bertz CT molecular complexity index is 674. The largest absolute Gasteiger partial charge is 0.371 e. The molecule has 0 saturated carbocycles. The van der Waals surface area contributed by atoms with Crippen molar-refractivity contribution in [2.24, 2.45) is 0 Å². The standard InChI is InChI=1S/C13H19FN6O/c1-4-13(14)5-7(2)21-11(13)20-6-17-8-9(16-3)18-12(15)19-10(8)20/h6-7,11H,4-5H2,1-3H3,(H3,15,16,18,19)/t7-,11-,13-/m1/s1. The van der Waals surface area contributed by atoms with E-state index in [1.165, 1.54) is 6.33 Å². The molecular formula is C13H19FN6O. The molecule has 0 spiro atoms. The molecule has 3 rings (SSSR count). The van der Waals surface area contributed by atoms with Crippen LogP contribution in [-0.4, -0.2) is 38.3 Å². The Balaban J connectivity index is 2.15. The van der Waals surface area contributed by atoms with Crippen LogP contribution in [0.15, 0.2) is 6.33 Å². The third-order valence-electron chi connectivity index (χ3n) is 3.95. The second kappa shape index (κ2) is 4.80. The van der Waals surface area contributed by atoms with Crippen LogP contribution in [0.1, 0.15) is 32.9 Å². The molecule has 1 fully saturated rings. The maximum absolute atomic E-state index is 15.1. The predicted molar refractivity (Wildman–Crippen MR) is 77.6 cm³/mol. The van der Waals surface area contributed by atoms with Crippen LogP contribution in [0.5, 0.6) is 0 Å². The smallest absolute Gasteiger partial charge is 0.224 e. The summed E-state index contributed by atoms with van der Waals surface area (Å²) in [4.78, 5) is 12.5. The van der Waals surface area contributed by atoms with Crippen LogP contribution >= 0.6 is 0 Å². The van der Waals surface area contributed by atoms with Gasteiger partial charge in [0.05, 0.1) is 12.4 Å². The molecule has 7 nitrogen and oxygen atoms in total. The summed E-state index contributed by atoms with van der Waals surface area (Å²) >= 11 is 0. The molecule has 2 aromatic heterocycles. The third-order valence-corrected chi connectivity index (χ3v) is 3.95. The molecule has 0 radical (unpaired) electrons. The number of imidazole rings is 1. The van der Waals surface area contributed by atoms with E-state index in [2.05, 4.69) is 20.3 Å². The van der Waals surface area contributed by atoms with Gasteiger partial charge in [-0.1, -0.05) is 6.92 Å².